The molecule has 17 nitrogen and oxygen atoms in total. The first-order valence-corrected chi connectivity index (χ1v) is 26.1. The van der Waals surface area contributed by atoms with Gasteiger partial charge in [-0.2, -0.15) is 10.2 Å². The number of rotatable bonds is 8. The van der Waals surface area contributed by atoms with Gasteiger partial charge in [0, 0.05) is 117 Å². The lowest BCUT2D eigenvalue weighted by molar-refractivity contribution is -0.178. The van der Waals surface area contributed by atoms with Crippen LogP contribution in [0.1, 0.15) is 76.8 Å². The van der Waals surface area contributed by atoms with E-state index in [4.69, 9.17) is 24.1 Å². The number of aryl methyl sites for hydroxylation is 2. The molecule has 0 amide bonds. The van der Waals surface area contributed by atoms with Crippen molar-refractivity contribution >= 4 is 47.7 Å². The zero-order valence-electron chi connectivity index (χ0n) is 39.1. The first kappa shape index (κ1) is 52.0. The molecule has 2 saturated heterocycles. The Kier molecular flexibility index (Phi) is 15.2. The summed E-state index contributed by atoms with van der Waals surface area (Å²) in [6.07, 6.45) is 22.2. The van der Waals surface area contributed by atoms with Crippen LogP contribution in [0, 0.1) is 0 Å². The minimum atomic E-state index is -3.82. The average molecular weight is 1020 g/mol. The van der Waals surface area contributed by atoms with Crippen LogP contribution in [0.2, 0.25) is 0 Å². The highest BCUT2D eigenvalue weighted by atomic mass is 32.2. The van der Waals surface area contributed by atoms with Crippen LogP contribution < -0.4 is 0 Å². The van der Waals surface area contributed by atoms with E-state index >= 15 is 0 Å². The van der Waals surface area contributed by atoms with Gasteiger partial charge in [0.05, 0.1) is 48.6 Å². The fourth-order valence-electron chi connectivity index (χ4n) is 9.94. The van der Waals surface area contributed by atoms with Crippen LogP contribution in [0.15, 0.2) is 138 Å². The van der Waals surface area contributed by atoms with E-state index in [1.165, 1.54) is 7.94 Å². The number of aliphatic hydroxyl groups excluding tert-OH is 1. The third kappa shape index (κ3) is 9.81. The summed E-state index contributed by atoms with van der Waals surface area (Å²) < 4.78 is 83.4. The van der Waals surface area contributed by atoms with Crippen LogP contribution in [-0.4, -0.2) is 105 Å². The predicted octanol–water partition coefficient (Wildman–Crippen LogP) is 8.94. The Morgan fingerprint density at radius 1 is 0.583 bits per heavy atom. The van der Waals surface area contributed by atoms with Crippen molar-refractivity contribution in [1.82, 2.24) is 37.5 Å². The standard InChI is InChI=1S/C25H26N4O4S.C25H24N4O4S.CH4O.2CH4/c2*1-28-16-20(15-27-28)23-17-29(34(30,31)21-5-3-2-4-6-21)24-22(23)13-19(14-26-24)18-7-9-25(10-8-18)32-11-12-33-25;1-2;;/h2-6,13-18H,7-12H2,1H3;2-7,13-17H,8-12H2,1H3;2H,1H3;2*1H4. The average Bonchev–Trinajstić information content (AvgIpc) is 4.28. The maximum Gasteiger partial charge on any atom is 0.269 e. The van der Waals surface area contributed by atoms with E-state index in [-0.39, 0.29) is 24.6 Å². The second-order valence-electron chi connectivity index (χ2n) is 17.8. The Bertz CT molecular complexity index is 3420. The lowest BCUT2D eigenvalue weighted by Gasteiger charge is -2.35. The number of aliphatic hydroxyl groups is 1. The first-order chi connectivity index (χ1) is 33.9. The number of pyridine rings is 2. The number of aromatic nitrogens is 8. The van der Waals surface area contributed by atoms with Gasteiger partial charge >= 0.3 is 0 Å². The second kappa shape index (κ2) is 21.0. The maximum atomic E-state index is 13.5. The van der Waals surface area contributed by atoms with Gasteiger partial charge in [-0.1, -0.05) is 57.3 Å². The van der Waals surface area contributed by atoms with Gasteiger partial charge in [-0.25, -0.2) is 34.7 Å². The van der Waals surface area contributed by atoms with E-state index in [9.17, 15) is 16.8 Å². The van der Waals surface area contributed by atoms with Gasteiger partial charge in [0.2, 0.25) is 0 Å². The number of nitrogens with zero attached hydrogens (tertiary/aromatic N) is 8. The molecule has 8 aromatic rings. The lowest BCUT2D eigenvalue weighted by atomic mass is 9.81. The molecule has 0 unspecified atom stereocenters. The van der Waals surface area contributed by atoms with Crippen molar-refractivity contribution in [3.05, 3.63) is 140 Å². The topological polar surface area (TPSA) is 197 Å². The molecule has 8 heterocycles. The summed E-state index contributed by atoms with van der Waals surface area (Å²) >= 11 is 0. The first-order valence-electron chi connectivity index (χ1n) is 23.2. The molecule has 2 aliphatic carbocycles. The highest BCUT2D eigenvalue weighted by Crippen LogP contribution is 2.44. The summed E-state index contributed by atoms with van der Waals surface area (Å²) in [6.45, 7) is 2.59. The Morgan fingerprint density at radius 3 is 1.51 bits per heavy atom. The Balaban J connectivity index is 0.000000181. The van der Waals surface area contributed by atoms with Crippen LogP contribution in [0.5, 0.6) is 0 Å². The van der Waals surface area contributed by atoms with E-state index in [1.807, 2.05) is 38.8 Å². The third-order valence-corrected chi connectivity index (χ3v) is 16.9. The zero-order valence-corrected chi connectivity index (χ0v) is 40.7. The van der Waals surface area contributed by atoms with Crippen molar-refractivity contribution in [2.45, 2.75) is 87.1 Å². The van der Waals surface area contributed by atoms with E-state index in [0.29, 0.717) is 50.1 Å². The largest absolute Gasteiger partial charge is 0.400 e. The molecule has 72 heavy (non-hydrogen) atoms. The molecule has 0 bridgehead atoms. The lowest BCUT2D eigenvalue weighted by Crippen LogP contribution is -2.34. The molecular weight excluding hydrogens is 957 g/mol. The van der Waals surface area contributed by atoms with E-state index in [1.54, 1.807) is 101 Å². The Hall–Kier alpha value is -6.32. The highest BCUT2D eigenvalue weighted by molar-refractivity contribution is 7.90. The number of benzene rings is 2. The van der Waals surface area contributed by atoms with E-state index < -0.39 is 31.6 Å². The molecule has 2 aliphatic heterocycles. The molecule has 1 N–H and O–H groups in total. The summed E-state index contributed by atoms with van der Waals surface area (Å²) in [5.41, 5.74) is 7.30. The van der Waals surface area contributed by atoms with Gasteiger partial charge in [0.25, 0.3) is 20.0 Å². The Morgan fingerprint density at radius 2 is 1.06 bits per heavy atom. The van der Waals surface area contributed by atoms with Gasteiger partial charge in [-0.3, -0.25) is 9.36 Å². The van der Waals surface area contributed by atoms with E-state index in [0.717, 1.165) is 95.4 Å². The monoisotopic (exact) mass is 1020 g/mol. The summed E-state index contributed by atoms with van der Waals surface area (Å²) in [5, 5.41) is 17.1. The smallest absolute Gasteiger partial charge is 0.269 e. The Labute approximate surface area is 420 Å². The molecule has 2 spiro atoms. The minimum Gasteiger partial charge on any atom is -0.400 e. The minimum absolute atomic E-state index is 0. The molecule has 0 atom stereocenters. The highest BCUT2D eigenvalue weighted by Gasteiger charge is 2.41. The number of allylic oxidation sites excluding steroid dienone is 1. The van der Waals surface area contributed by atoms with Gasteiger partial charge in [0.1, 0.15) is 0 Å². The summed E-state index contributed by atoms with van der Waals surface area (Å²) in [5.74, 6) is -0.581. The fourth-order valence-corrected chi connectivity index (χ4v) is 12.6. The van der Waals surface area contributed by atoms with Gasteiger partial charge in [0.15, 0.2) is 22.9 Å². The third-order valence-electron chi connectivity index (χ3n) is 13.5. The molecule has 0 radical (unpaired) electrons. The zero-order chi connectivity index (χ0) is 48.7. The maximum absolute atomic E-state index is 13.5. The molecule has 1 saturated carbocycles. The quantitative estimate of drug-likeness (QED) is 0.152. The number of ether oxygens (including phenoxy) is 4. The summed E-state index contributed by atoms with van der Waals surface area (Å²) in [6, 6.07) is 21.0. The van der Waals surface area contributed by atoms with Crippen LogP contribution in [0.25, 0.3) is 49.9 Å². The molecule has 4 aliphatic rings. The van der Waals surface area contributed by atoms with Crippen molar-refractivity contribution in [2.75, 3.05) is 33.5 Å². The van der Waals surface area contributed by atoms with Crippen LogP contribution in [0.3, 0.4) is 0 Å². The summed E-state index contributed by atoms with van der Waals surface area (Å²) in [7, 11) is -2.94. The molecule has 12 rings (SSSR count). The molecule has 19 heteroatoms. The predicted molar refractivity (Wildman–Crippen MR) is 276 cm³/mol. The molecule has 380 valence electrons. The van der Waals surface area contributed by atoms with Crippen LogP contribution >= 0.6 is 0 Å². The van der Waals surface area contributed by atoms with Crippen molar-refractivity contribution in [3.63, 3.8) is 0 Å². The fraction of sp³-hybridized carbons (Fsp3) is 0.358. The van der Waals surface area contributed by atoms with Crippen molar-refractivity contribution in [1.29, 1.82) is 0 Å². The number of hydrogen-bond acceptors (Lipinski definition) is 13. The van der Waals surface area contributed by atoms with Gasteiger partial charge in [-0.05, 0) is 78.3 Å². The number of fused-ring (bicyclic) bond motifs is 2. The van der Waals surface area contributed by atoms with Gasteiger partial charge in [-0.15, -0.1) is 0 Å². The SMILES string of the molecule is C.C.CO.Cn1cc(-c2cn(S(=O)(=O)c3ccccc3)c3ncc(C4=CCC5(CC4)OCCO5)cc23)cn1.Cn1cc(-c2cn(S(=O)(=O)c3ccccc3)c3ncc(C4CCC5(CC4)OCCO5)cc23)cn1. The van der Waals surface area contributed by atoms with Crippen molar-refractivity contribution in [3.8, 4) is 22.3 Å². The van der Waals surface area contributed by atoms with Crippen molar-refractivity contribution in [2.24, 2.45) is 14.1 Å². The molecular formula is C53H62N8O9S2. The summed E-state index contributed by atoms with van der Waals surface area (Å²) in [4.78, 5) is 9.77. The van der Waals surface area contributed by atoms with Gasteiger partial charge < -0.3 is 24.1 Å². The normalized spacial score (nSPS) is 17.4. The van der Waals surface area contributed by atoms with Crippen LogP contribution in [-0.2, 0) is 53.1 Å². The molecule has 6 aromatic heterocycles. The number of hydrogen-bond donors (Lipinski definition) is 1. The second-order valence-corrected chi connectivity index (χ2v) is 21.4. The molecule has 2 aromatic carbocycles. The molecule has 3 fully saturated rings. The van der Waals surface area contributed by atoms with Crippen molar-refractivity contribution < 1.29 is 40.9 Å². The van der Waals surface area contributed by atoms with E-state index in [2.05, 4.69) is 32.3 Å². The van der Waals surface area contributed by atoms with Crippen LogP contribution in [0.4, 0.5) is 0 Å².